The smallest absolute Gasteiger partial charge is 0.293 e. The molecule has 0 bridgehead atoms. The zero-order valence-electron chi connectivity index (χ0n) is 16.8. The highest BCUT2D eigenvalue weighted by atomic mass is 16.6. The fraction of sp³-hybridized carbons (Fsp3) is 0.286. The summed E-state index contributed by atoms with van der Waals surface area (Å²) in [5.41, 5.74) is 0.626. The van der Waals surface area contributed by atoms with Crippen molar-refractivity contribution in [2.24, 2.45) is 0 Å². The van der Waals surface area contributed by atoms with Crippen molar-refractivity contribution in [2.75, 3.05) is 38.5 Å². The molecule has 0 saturated carbocycles. The molecule has 9 nitrogen and oxygen atoms in total. The summed E-state index contributed by atoms with van der Waals surface area (Å²) >= 11 is 0. The molecule has 2 aromatic rings. The van der Waals surface area contributed by atoms with Crippen LogP contribution in [0.15, 0.2) is 42.5 Å². The average molecular weight is 410 g/mol. The number of amides is 2. The summed E-state index contributed by atoms with van der Waals surface area (Å²) in [6.07, 6.45) is 0. The second-order valence-corrected chi connectivity index (χ2v) is 6.91. The number of hydrogen-bond donors (Lipinski definition) is 1. The number of rotatable bonds is 5. The Hall–Kier alpha value is -3.75. The number of nitro groups is 1. The van der Waals surface area contributed by atoms with E-state index in [-0.39, 0.29) is 34.2 Å². The maximum Gasteiger partial charge on any atom is 0.293 e. The first-order valence-corrected chi connectivity index (χ1v) is 9.48. The van der Waals surface area contributed by atoms with Gasteiger partial charge in [0, 0.05) is 57.3 Å². The Morgan fingerprint density at radius 3 is 2.13 bits per heavy atom. The highest BCUT2D eigenvalue weighted by Crippen LogP contribution is 2.27. The third-order valence-corrected chi connectivity index (χ3v) is 5.14. The van der Waals surface area contributed by atoms with Crippen molar-refractivity contribution >= 4 is 29.0 Å². The standard InChI is InChI=1S/C21H22N4O5/c1-14(26)23-9-11-24(12-10-23)21(28)17-6-4-3-5-16(17)20(27)15-7-8-18(22-2)19(13-15)25(29)30/h3-8,13,22H,9-12H2,1-2H3. The number of ketones is 1. The monoisotopic (exact) mass is 410 g/mol. The van der Waals surface area contributed by atoms with E-state index < -0.39 is 10.7 Å². The van der Waals surface area contributed by atoms with E-state index >= 15 is 0 Å². The minimum atomic E-state index is -0.561. The number of nitro benzene ring substituents is 1. The molecule has 1 N–H and O–H groups in total. The Kier molecular flexibility index (Phi) is 6.10. The molecule has 0 radical (unpaired) electrons. The van der Waals surface area contributed by atoms with Crippen LogP contribution in [0.5, 0.6) is 0 Å². The van der Waals surface area contributed by atoms with Crippen molar-refractivity contribution in [3.63, 3.8) is 0 Å². The number of carbonyl (C=O) groups excluding carboxylic acids is 3. The molecule has 1 saturated heterocycles. The van der Waals surface area contributed by atoms with Gasteiger partial charge in [0.15, 0.2) is 5.78 Å². The summed E-state index contributed by atoms with van der Waals surface area (Å²) in [6, 6.07) is 10.6. The van der Waals surface area contributed by atoms with E-state index in [1.165, 1.54) is 25.1 Å². The van der Waals surface area contributed by atoms with E-state index in [9.17, 15) is 24.5 Å². The van der Waals surface area contributed by atoms with E-state index in [2.05, 4.69) is 5.32 Å². The highest BCUT2D eigenvalue weighted by Gasteiger charge is 2.27. The first-order chi connectivity index (χ1) is 14.3. The fourth-order valence-electron chi connectivity index (χ4n) is 3.45. The summed E-state index contributed by atoms with van der Waals surface area (Å²) in [4.78, 5) is 51.7. The number of carbonyl (C=O) groups is 3. The summed E-state index contributed by atoms with van der Waals surface area (Å²) in [5.74, 6) is -0.806. The Morgan fingerprint density at radius 2 is 1.57 bits per heavy atom. The summed E-state index contributed by atoms with van der Waals surface area (Å²) in [5, 5.41) is 14.0. The molecule has 2 aromatic carbocycles. The van der Waals surface area contributed by atoms with Crippen LogP contribution < -0.4 is 5.32 Å². The van der Waals surface area contributed by atoms with Gasteiger partial charge >= 0.3 is 0 Å². The lowest BCUT2D eigenvalue weighted by molar-refractivity contribution is -0.384. The van der Waals surface area contributed by atoms with E-state index in [1.807, 2.05) is 0 Å². The lowest BCUT2D eigenvalue weighted by atomic mass is 9.96. The molecule has 0 atom stereocenters. The van der Waals surface area contributed by atoms with Gasteiger partial charge in [0.1, 0.15) is 5.69 Å². The molecule has 1 aliphatic heterocycles. The lowest BCUT2D eigenvalue weighted by Gasteiger charge is -2.34. The summed E-state index contributed by atoms with van der Waals surface area (Å²) in [6.45, 7) is 3.13. The van der Waals surface area contributed by atoms with Gasteiger partial charge < -0.3 is 15.1 Å². The van der Waals surface area contributed by atoms with E-state index in [1.54, 1.807) is 41.1 Å². The minimum Gasteiger partial charge on any atom is -0.383 e. The van der Waals surface area contributed by atoms with Gasteiger partial charge in [0.05, 0.1) is 10.5 Å². The molecule has 156 valence electrons. The van der Waals surface area contributed by atoms with Crippen LogP contribution in [0.25, 0.3) is 0 Å². The molecular formula is C21H22N4O5. The van der Waals surface area contributed by atoms with Crippen molar-refractivity contribution in [2.45, 2.75) is 6.92 Å². The van der Waals surface area contributed by atoms with Gasteiger partial charge in [-0.2, -0.15) is 0 Å². The molecule has 0 aromatic heterocycles. The zero-order valence-corrected chi connectivity index (χ0v) is 16.8. The van der Waals surface area contributed by atoms with Gasteiger partial charge in [-0.25, -0.2) is 0 Å². The van der Waals surface area contributed by atoms with Crippen LogP contribution in [0.4, 0.5) is 11.4 Å². The Labute approximate surface area is 173 Å². The Morgan fingerprint density at radius 1 is 0.967 bits per heavy atom. The lowest BCUT2D eigenvalue weighted by Crippen LogP contribution is -2.50. The molecule has 1 fully saturated rings. The number of hydrogen-bond acceptors (Lipinski definition) is 6. The molecule has 3 rings (SSSR count). The van der Waals surface area contributed by atoms with Gasteiger partial charge in [-0.05, 0) is 18.2 Å². The quantitative estimate of drug-likeness (QED) is 0.459. The second kappa shape index (κ2) is 8.73. The average Bonchev–Trinajstić information content (AvgIpc) is 2.77. The SMILES string of the molecule is CNc1ccc(C(=O)c2ccccc2C(=O)N2CCN(C(C)=O)CC2)cc1[N+](=O)[O-]. The Balaban J connectivity index is 1.89. The fourth-order valence-corrected chi connectivity index (χ4v) is 3.45. The van der Waals surface area contributed by atoms with Crippen molar-refractivity contribution in [1.82, 2.24) is 9.80 Å². The number of nitrogens with zero attached hydrogens (tertiary/aromatic N) is 3. The highest BCUT2D eigenvalue weighted by molar-refractivity contribution is 6.15. The molecule has 1 heterocycles. The van der Waals surface area contributed by atoms with Gasteiger partial charge in [-0.3, -0.25) is 24.5 Å². The van der Waals surface area contributed by atoms with E-state index in [0.29, 0.717) is 31.9 Å². The largest absolute Gasteiger partial charge is 0.383 e. The summed E-state index contributed by atoms with van der Waals surface area (Å²) in [7, 11) is 1.56. The van der Waals surface area contributed by atoms with Gasteiger partial charge in [0.2, 0.25) is 5.91 Å². The maximum absolute atomic E-state index is 13.1. The third-order valence-electron chi connectivity index (χ3n) is 5.14. The van der Waals surface area contributed by atoms with Crippen LogP contribution in [0, 0.1) is 10.1 Å². The van der Waals surface area contributed by atoms with Crippen molar-refractivity contribution in [3.05, 3.63) is 69.3 Å². The van der Waals surface area contributed by atoms with Crippen molar-refractivity contribution in [1.29, 1.82) is 0 Å². The van der Waals surface area contributed by atoms with Crippen LogP contribution in [-0.2, 0) is 4.79 Å². The molecular weight excluding hydrogens is 388 g/mol. The number of piperazine rings is 1. The number of nitrogens with one attached hydrogen (secondary N) is 1. The summed E-state index contributed by atoms with van der Waals surface area (Å²) < 4.78 is 0. The van der Waals surface area contributed by atoms with Crippen molar-refractivity contribution in [3.8, 4) is 0 Å². The normalized spacial score (nSPS) is 13.7. The van der Waals surface area contributed by atoms with Crippen LogP contribution in [0.3, 0.4) is 0 Å². The first-order valence-electron chi connectivity index (χ1n) is 9.48. The molecule has 0 spiro atoms. The molecule has 2 amide bonds. The molecule has 0 aliphatic carbocycles. The third kappa shape index (κ3) is 4.14. The maximum atomic E-state index is 13.1. The zero-order chi connectivity index (χ0) is 21.8. The molecule has 30 heavy (non-hydrogen) atoms. The molecule has 0 unspecified atom stereocenters. The second-order valence-electron chi connectivity index (χ2n) is 6.91. The minimum absolute atomic E-state index is 0.0377. The van der Waals surface area contributed by atoms with E-state index in [0.717, 1.165) is 0 Å². The molecule has 9 heteroatoms. The van der Waals surface area contributed by atoms with Crippen LogP contribution >= 0.6 is 0 Å². The van der Waals surface area contributed by atoms with Gasteiger partial charge in [0.25, 0.3) is 11.6 Å². The van der Waals surface area contributed by atoms with Gasteiger partial charge in [-0.15, -0.1) is 0 Å². The first kappa shape index (κ1) is 21.0. The van der Waals surface area contributed by atoms with Crippen LogP contribution in [-0.4, -0.2) is 65.5 Å². The van der Waals surface area contributed by atoms with Crippen LogP contribution in [0.2, 0.25) is 0 Å². The Bertz CT molecular complexity index is 1010. The number of anilines is 1. The van der Waals surface area contributed by atoms with Gasteiger partial charge in [-0.1, -0.05) is 18.2 Å². The number of benzene rings is 2. The molecule has 1 aliphatic rings. The predicted molar refractivity (Wildman–Crippen MR) is 111 cm³/mol. The van der Waals surface area contributed by atoms with Crippen LogP contribution in [0.1, 0.15) is 33.2 Å². The predicted octanol–water partition coefficient (Wildman–Crippen LogP) is 2.17. The topological polar surface area (TPSA) is 113 Å². The van der Waals surface area contributed by atoms with E-state index in [4.69, 9.17) is 0 Å². The van der Waals surface area contributed by atoms with Crippen molar-refractivity contribution < 1.29 is 19.3 Å².